The number of urea groups is 1. The van der Waals surface area contributed by atoms with Crippen LogP contribution in [0, 0.1) is 13.8 Å². The van der Waals surface area contributed by atoms with E-state index in [9.17, 15) is 19.2 Å². The molecule has 0 spiro atoms. The van der Waals surface area contributed by atoms with Crippen LogP contribution in [0.25, 0.3) is 6.08 Å². The van der Waals surface area contributed by atoms with E-state index in [1.807, 2.05) is 13.8 Å². The summed E-state index contributed by atoms with van der Waals surface area (Å²) in [5.41, 5.74) is 2.82. The van der Waals surface area contributed by atoms with Gasteiger partial charge in [-0.1, -0.05) is 29.3 Å². The van der Waals surface area contributed by atoms with Gasteiger partial charge in [0, 0.05) is 10.7 Å². The van der Waals surface area contributed by atoms with Gasteiger partial charge in [-0.3, -0.25) is 19.7 Å². The summed E-state index contributed by atoms with van der Waals surface area (Å²) in [5, 5.41) is 5.51. The van der Waals surface area contributed by atoms with Crippen LogP contribution in [0.2, 0.25) is 10.0 Å². The number of nitrogens with one attached hydrogen (secondary N) is 2. The van der Waals surface area contributed by atoms with Crippen molar-refractivity contribution in [1.29, 1.82) is 0 Å². The number of aryl methyl sites for hydroxylation is 2. The molecule has 0 aliphatic carbocycles. The van der Waals surface area contributed by atoms with Crippen LogP contribution < -0.4 is 25.0 Å². The molecule has 0 saturated carbocycles. The fraction of sp³-hybridized carbons (Fsp3) is 0.172. The second kappa shape index (κ2) is 12.2. The maximum absolute atomic E-state index is 13.3. The van der Waals surface area contributed by atoms with E-state index < -0.39 is 23.8 Å². The molecule has 5 amide bonds. The highest BCUT2D eigenvalue weighted by atomic mass is 35.5. The predicted octanol–water partition coefficient (Wildman–Crippen LogP) is 5.69. The second-order valence-electron chi connectivity index (χ2n) is 8.83. The third-order valence-electron chi connectivity index (χ3n) is 5.97. The number of carbonyl (C=O) groups is 4. The van der Waals surface area contributed by atoms with Crippen molar-refractivity contribution in [1.82, 2.24) is 5.32 Å². The summed E-state index contributed by atoms with van der Waals surface area (Å²) in [4.78, 5) is 51.8. The normalized spacial score (nSPS) is 14.3. The number of hydrogen-bond acceptors (Lipinski definition) is 6. The van der Waals surface area contributed by atoms with Crippen molar-refractivity contribution in [3.05, 3.63) is 86.9 Å². The lowest BCUT2D eigenvalue weighted by Gasteiger charge is -2.27. The molecular weight excluding hydrogens is 557 g/mol. The van der Waals surface area contributed by atoms with Crippen LogP contribution in [0.1, 0.15) is 23.6 Å². The van der Waals surface area contributed by atoms with Gasteiger partial charge < -0.3 is 14.8 Å². The minimum Gasteiger partial charge on any atom is -0.490 e. The van der Waals surface area contributed by atoms with Gasteiger partial charge in [0.25, 0.3) is 17.7 Å². The van der Waals surface area contributed by atoms with Gasteiger partial charge in [-0.05, 0) is 92.1 Å². The van der Waals surface area contributed by atoms with Crippen LogP contribution in [0.4, 0.5) is 16.2 Å². The van der Waals surface area contributed by atoms with Crippen LogP contribution in [0.15, 0.2) is 60.2 Å². The lowest BCUT2D eigenvalue weighted by atomic mass is 10.0. The molecule has 4 rings (SSSR count). The Bertz CT molecular complexity index is 1540. The van der Waals surface area contributed by atoms with Crippen LogP contribution in [-0.2, 0) is 14.4 Å². The summed E-state index contributed by atoms with van der Waals surface area (Å²) in [6.45, 7) is 5.40. The van der Waals surface area contributed by atoms with Crippen molar-refractivity contribution in [2.24, 2.45) is 0 Å². The molecule has 1 aliphatic rings. The first-order valence-electron chi connectivity index (χ1n) is 12.2. The SMILES string of the molecule is CCOc1cc(/C=C2\C(=O)NC(=O)N(c3ccc(C)c(C)c3)C2=O)cc(Cl)c1OCC(=O)Nc1ccc(Cl)cc1. The van der Waals surface area contributed by atoms with E-state index in [0.717, 1.165) is 16.0 Å². The molecule has 3 aromatic rings. The highest BCUT2D eigenvalue weighted by Crippen LogP contribution is 2.37. The van der Waals surface area contributed by atoms with Gasteiger partial charge in [-0.2, -0.15) is 0 Å². The number of rotatable bonds is 8. The van der Waals surface area contributed by atoms with E-state index in [-0.39, 0.29) is 35.3 Å². The van der Waals surface area contributed by atoms with E-state index >= 15 is 0 Å². The number of carbonyl (C=O) groups excluding carboxylic acids is 4. The monoisotopic (exact) mass is 581 g/mol. The molecule has 9 nitrogen and oxygen atoms in total. The average molecular weight is 582 g/mol. The van der Waals surface area contributed by atoms with Crippen LogP contribution in [-0.4, -0.2) is 37.0 Å². The molecule has 0 unspecified atom stereocenters. The third-order valence-corrected chi connectivity index (χ3v) is 6.50. The Labute approximate surface area is 240 Å². The summed E-state index contributed by atoms with van der Waals surface area (Å²) in [5.74, 6) is -1.75. The van der Waals surface area contributed by atoms with Crippen molar-refractivity contribution in [2.45, 2.75) is 20.8 Å². The maximum atomic E-state index is 13.3. The standard InChI is InChI=1S/C29H25Cl2N3O6/c1-4-39-24-14-18(13-23(31)26(24)40-15-25(35)32-20-8-6-19(30)7-9-20)12-22-27(36)33-29(38)34(28(22)37)21-10-5-16(2)17(3)11-21/h5-14H,4,15H2,1-3H3,(H,32,35)(H,33,36,38)/b22-12+. The molecule has 0 aromatic heterocycles. The molecule has 0 radical (unpaired) electrons. The first kappa shape index (κ1) is 28.7. The number of barbiturate groups is 1. The fourth-order valence-electron chi connectivity index (χ4n) is 3.87. The van der Waals surface area contributed by atoms with Crippen LogP contribution >= 0.6 is 23.2 Å². The molecule has 40 heavy (non-hydrogen) atoms. The minimum atomic E-state index is -0.844. The van der Waals surface area contributed by atoms with Crippen molar-refractivity contribution in [3.63, 3.8) is 0 Å². The number of hydrogen-bond donors (Lipinski definition) is 2. The quantitative estimate of drug-likeness (QED) is 0.261. The fourth-order valence-corrected chi connectivity index (χ4v) is 4.27. The van der Waals surface area contributed by atoms with Gasteiger partial charge in [0.05, 0.1) is 17.3 Å². The Morgan fingerprint density at radius 2 is 1.70 bits per heavy atom. The zero-order valence-electron chi connectivity index (χ0n) is 21.8. The van der Waals surface area contributed by atoms with Gasteiger partial charge in [-0.25, -0.2) is 9.69 Å². The Morgan fingerprint density at radius 3 is 2.38 bits per heavy atom. The molecule has 1 saturated heterocycles. The number of nitrogens with zero attached hydrogens (tertiary/aromatic N) is 1. The number of imide groups is 2. The first-order valence-corrected chi connectivity index (χ1v) is 13.0. The third kappa shape index (κ3) is 6.44. The Balaban J connectivity index is 1.58. The largest absolute Gasteiger partial charge is 0.490 e. The summed E-state index contributed by atoms with van der Waals surface area (Å²) < 4.78 is 11.3. The predicted molar refractivity (Wildman–Crippen MR) is 153 cm³/mol. The molecule has 11 heteroatoms. The molecule has 3 aromatic carbocycles. The summed E-state index contributed by atoms with van der Waals surface area (Å²) in [6, 6.07) is 13.8. The highest BCUT2D eigenvalue weighted by molar-refractivity contribution is 6.39. The highest BCUT2D eigenvalue weighted by Gasteiger charge is 2.37. The number of anilines is 2. The second-order valence-corrected chi connectivity index (χ2v) is 9.68. The molecule has 206 valence electrons. The van der Waals surface area contributed by atoms with E-state index in [1.165, 1.54) is 18.2 Å². The number of amides is 5. The number of halogens is 2. The molecule has 1 heterocycles. The Kier molecular flexibility index (Phi) is 8.77. The zero-order valence-corrected chi connectivity index (χ0v) is 23.4. The lowest BCUT2D eigenvalue weighted by molar-refractivity contribution is -0.122. The lowest BCUT2D eigenvalue weighted by Crippen LogP contribution is -2.54. The van der Waals surface area contributed by atoms with E-state index in [2.05, 4.69) is 10.6 Å². The van der Waals surface area contributed by atoms with Gasteiger partial charge in [-0.15, -0.1) is 0 Å². The van der Waals surface area contributed by atoms with Crippen LogP contribution in [0.3, 0.4) is 0 Å². The van der Waals surface area contributed by atoms with E-state index in [1.54, 1.807) is 49.4 Å². The molecule has 0 atom stereocenters. The first-order chi connectivity index (χ1) is 19.1. The van der Waals surface area contributed by atoms with Crippen molar-refractivity contribution in [2.75, 3.05) is 23.4 Å². The van der Waals surface area contributed by atoms with Gasteiger partial charge >= 0.3 is 6.03 Å². The van der Waals surface area contributed by atoms with E-state index in [4.69, 9.17) is 32.7 Å². The van der Waals surface area contributed by atoms with Gasteiger partial charge in [0.2, 0.25) is 0 Å². The maximum Gasteiger partial charge on any atom is 0.335 e. The van der Waals surface area contributed by atoms with Crippen molar-refractivity contribution < 1.29 is 28.7 Å². The molecule has 2 N–H and O–H groups in total. The average Bonchev–Trinajstić information content (AvgIpc) is 2.89. The van der Waals surface area contributed by atoms with Crippen LogP contribution in [0.5, 0.6) is 11.5 Å². The zero-order chi connectivity index (χ0) is 29.0. The summed E-state index contributed by atoms with van der Waals surface area (Å²) in [7, 11) is 0. The molecular formula is C29H25Cl2N3O6. The Hall–Kier alpha value is -4.34. The van der Waals surface area contributed by atoms with Gasteiger partial charge in [0.1, 0.15) is 5.57 Å². The molecule has 0 bridgehead atoms. The smallest absolute Gasteiger partial charge is 0.335 e. The van der Waals surface area contributed by atoms with Crippen molar-refractivity contribution in [3.8, 4) is 11.5 Å². The number of benzene rings is 3. The number of ether oxygens (including phenoxy) is 2. The van der Waals surface area contributed by atoms with Crippen molar-refractivity contribution >= 4 is 64.4 Å². The van der Waals surface area contributed by atoms with E-state index in [0.29, 0.717) is 22.0 Å². The molecule has 1 fully saturated rings. The summed E-state index contributed by atoms with van der Waals surface area (Å²) in [6.07, 6.45) is 1.31. The molecule has 1 aliphatic heterocycles. The van der Waals surface area contributed by atoms with Gasteiger partial charge in [0.15, 0.2) is 18.1 Å². The minimum absolute atomic E-state index is 0.0860. The Morgan fingerprint density at radius 1 is 0.975 bits per heavy atom. The topological polar surface area (TPSA) is 114 Å². The summed E-state index contributed by atoms with van der Waals surface area (Å²) >= 11 is 12.3.